The van der Waals surface area contributed by atoms with E-state index in [9.17, 15) is 5.11 Å². The SMILES string of the molecule is CC(CCc1ccc(O)cc1)Nc1ccc(Br)cc1Br. The van der Waals surface area contributed by atoms with Gasteiger partial charge in [-0.2, -0.15) is 0 Å². The molecule has 4 heteroatoms. The average Bonchev–Trinajstić information content (AvgIpc) is 2.41. The fourth-order valence-electron chi connectivity index (χ4n) is 1.99. The zero-order valence-corrected chi connectivity index (χ0v) is 14.4. The predicted octanol–water partition coefficient (Wildman–Crippen LogP) is 5.35. The summed E-state index contributed by atoms with van der Waals surface area (Å²) in [4.78, 5) is 0. The molecule has 0 aliphatic carbocycles. The fourth-order valence-corrected chi connectivity index (χ4v) is 3.15. The Morgan fingerprint density at radius 1 is 1.10 bits per heavy atom. The largest absolute Gasteiger partial charge is 0.508 e. The van der Waals surface area contributed by atoms with Crippen LogP contribution >= 0.6 is 31.9 Å². The standard InChI is InChI=1S/C16H17Br2NO/c1-11(2-3-12-4-7-14(20)8-5-12)19-16-9-6-13(17)10-15(16)18/h4-11,19-20H,2-3H2,1H3. The van der Waals surface area contributed by atoms with E-state index in [1.807, 2.05) is 24.3 Å². The van der Waals surface area contributed by atoms with Crippen molar-refractivity contribution in [2.24, 2.45) is 0 Å². The zero-order valence-electron chi connectivity index (χ0n) is 11.2. The lowest BCUT2D eigenvalue weighted by atomic mass is 10.1. The van der Waals surface area contributed by atoms with Crippen LogP contribution in [0.3, 0.4) is 0 Å². The summed E-state index contributed by atoms with van der Waals surface area (Å²) in [5, 5.41) is 12.8. The Morgan fingerprint density at radius 2 is 1.80 bits per heavy atom. The van der Waals surface area contributed by atoms with E-state index in [0.29, 0.717) is 11.8 Å². The van der Waals surface area contributed by atoms with Crippen LogP contribution in [-0.4, -0.2) is 11.1 Å². The molecule has 2 aromatic rings. The number of rotatable bonds is 5. The van der Waals surface area contributed by atoms with Gasteiger partial charge in [-0.1, -0.05) is 28.1 Å². The van der Waals surface area contributed by atoms with E-state index < -0.39 is 0 Å². The Morgan fingerprint density at radius 3 is 2.45 bits per heavy atom. The van der Waals surface area contributed by atoms with Crippen LogP contribution in [0.4, 0.5) is 5.69 Å². The van der Waals surface area contributed by atoms with Gasteiger partial charge in [0.25, 0.3) is 0 Å². The van der Waals surface area contributed by atoms with Gasteiger partial charge in [-0.25, -0.2) is 0 Å². The number of halogens is 2. The topological polar surface area (TPSA) is 32.3 Å². The third-order valence-electron chi connectivity index (χ3n) is 3.14. The summed E-state index contributed by atoms with van der Waals surface area (Å²) in [6.45, 7) is 2.18. The van der Waals surface area contributed by atoms with Crippen molar-refractivity contribution in [2.75, 3.05) is 5.32 Å². The minimum Gasteiger partial charge on any atom is -0.508 e. The molecular weight excluding hydrogens is 382 g/mol. The predicted molar refractivity (Wildman–Crippen MR) is 91.4 cm³/mol. The normalized spacial score (nSPS) is 12.2. The molecule has 0 fully saturated rings. The smallest absolute Gasteiger partial charge is 0.115 e. The molecule has 20 heavy (non-hydrogen) atoms. The quantitative estimate of drug-likeness (QED) is 0.711. The molecule has 1 atom stereocenters. The molecule has 0 radical (unpaired) electrons. The highest BCUT2D eigenvalue weighted by molar-refractivity contribution is 9.11. The first-order valence-electron chi connectivity index (χ1n) is 6.54. The first-order valence-corrected chi connectivity index (χ1v) is 8.12. The van der Waals surface area contributed by atoms with E-state index in [1.165, 1.54) is 5.56 Å². The molecule has 0 aromatic heterocycles. The lowest BCUT2D eigenvalue weighted by Crippen LogP contribution is -2.16. The van der Waals surface area contributed by atoms with Gasteiger partial charge in [-0.3, -0.25) is 0 Å². The van der Waals surface area contributed by atoms with Gasteiger partial charge >= 0.3 is 0 Å². The van der Waals surface area contributed by atoms with Gasteiger partial charge < -0.3 is 10.4 Å². The van der Waals surface area contributed by atoms with Gasteiger partial charge in [0, 0.05) is 20.7 Å². The van der Waals surface area contributed by atoms with E-state index in [0.717, 1.165) is 27.5 Å². The number of nitrogens with one attached hydrogen (secondary N) is 1. The lowest BCUT2D eigenvalue weighted by Gasteiger charge is -2.16. The Labute approximate surface area is 136 Å². The number of aryl methyl sites for hydroxylation is 1. The van der Waals surface area contributed by atoms with Crippen molar-refractivity contribution in [3.8, 4) is 5.75 Å². The molecule has 0 aliphatic rings. The minimum absolute atomic E-state index is 0.318. The Balaban J connectivity index is 1.89. The van der Waals surface area contributed by atoms with Gasteiger partial charge in [-0.05, 0) is 71.6 Å². The molecule has 0 saturated heterocycles. The minimum atomic E-state index is 0.318. The van der Waals surface area contributed by atoms with E-state index in [1.54, 1.807) is 12.1 Å². The summed E-state index contributed by atoms with van der Waals surface area (Å²) in [5.41, 5.74) is 2.35. The van der Waals surface area contributed by atoms with Gasteiger partial charge in [0.2, 0.25) is 0 Å². The van der Waals surface area contributed by atoms with Crippen LogP contribution in [0, 0.1) is 0 Å². The van der Waals surface area contributed by atoms with E-state index in [4.69, 9.17) is 0 Å². The van der Waals surface area contributed by atoms with Crippen molar-refractivity contribution in [3.05, 3.63) is 57.0 Å². The number of anilines is 1. The van der Waals surface area contributed by atoms with E-state index in [2.05, 4.69) is 50.2 Å². The van der Waals surface area contributed by atoms with Crippen molar-refractivity contribution >= 4 is 37.5 Å². The fraction of sp³-hybridized carbons (Fsp3) is 0.250. The summed E-state index contributed by atoms with van der Waals surface area (Å²) in [7, 11) is 0. The van der Waals surface area contributed by atoms with Gasteiger partial charge in [0.15, 0.2) is 0 Å². The van der Waals surface area contributed by atoms with Crippen LogP contribution in [0.1, 0.15) is 18.9 Å². The number of phenols is 1. The molecule has 2 nitrogen and oxygen atoms in total. The van der Waals surface area contributed by atoms with Crippen molar-refractivity contribution in [3.63, 3.8) is 0 Å². The van der Waals surface area contributed by atoms with E-state index in [-0.39, 0.29) is 0 Å². The number of aromatic hydroxyl groups is 1. The van der Waals surface area contributed by atoms with Gasteiger partial charge in [-0.15, -0.1) is 0 Å². The van der Waals surface area contributed by atoms with Crippen molar-refractivity contribution < 1.29 is 5.11 Å². The van der Waals surface area contributed by atoms with Crippen LogP contribution in [0.15, 0.2) is 51.4 Å². The Hall–Kier alpha value is -1.000. The molecule has 0 heterocycles. The van der Waals surface area contributed by atoms with Crippen LogP contribution in [-0.2, 0) is 6.42 Å². The third kappa shape index (κ3) is 4.53. The highest BCUT2D eigenvalue weighted by Crippen LogP contribution is 2.27. The third-order valence-corrected chi connectivity index (χ3v) is 4.28. The van der Waals surface area contributed by atoms with Crippen LogP contribution in [0.5, 0.6) is 5.75 Å². The Bertz CT molecular complexity index is 569. The summed E-state index contributed by atoms with van der Waals surface area (Å²) in [6.07, 6.45) is 2.02. The van der Waals surface area contributed by atoms with Gasteiger partial charge in [0.05, 0.1) is 0 Å². The Kier molecular flexibility index (Phi) is 5.49. The molecule has 2 aromatic carbocycles. The highest BCUT2D eigenvalue weighted by atomic mass is 79.9. The second-order valence-corrected chi connectivity index (χ2v) is 6.64. The van der Waals surface area contributed by atoms with E-state index >= 15 is 0 Å². The molecule has 0 saturated carbocycles. The van der Waals surface area contributed by atoms with Crippen molar-refractivity contribution in [1.29, 1.82) is 0 Å². The molecule has 0 aliphatic heterocycles. The summed E-state index contributed by atoms with van der Waals surface area (Å²) in [6, 6.07) is 13.9. The maximum Gasteiger partial charge on any atom is 0.115 e. The molecule has 2 rings (SSSR count). The molecule has 106 valence electrons. The van der Waals surface area contributed by atoms with Crippen LogP contribution < -0.4 is 5.32 Å². The maximum absolute atomic E-state index is 9.26. The molecule has 0 spiro atoms. The van der Waals surface area contributed by atoms with Crippen LogP contribution in [0.25, 0.3) is 0 Å². The summed E-state index contributed by atoms with van der Waals surface area (Å²) >= 11 is 7.01. The second-order valence-electron chi connectivity index (χ2n) is 4.87. The molecule has 0 amide bonds. The molecule has 2 N–H and O–H groups in total. The number of hydrogen-bond donors (Lipinski definition) is 2. The summed E-state index contributed by atoms with van der Waals surface area (Å²) in [5.74, 6) is 0.318. The molecule has 1 unspecified atom stereocenters. The zero-order chi connectivity index (χ0) is 14.5. The molecule has 0 bridgehead atoms. The first-order chi connectivity index (χ1) is 9.54. The van der Waals surface area contributed by atoms with Gasteiger partial charge in [0.1, 0.15) is 5.75 Å². The number of benzene rings is 2. The van der Waals surface area contributed by atoms with Crippen molar-refractivity contribution in [1.82, 2.24) is 0 Å². The second kappa shape index (κ2) is 7.14. The monoisotopic (exact) mass is 397 g/mol. The molecular formula is C16H17Br2NO. The van der Waals surface area contributed by atoms with Crippen molar-refractivity contribution in [2.45, 2.75) is 25.8 Å². The average molecular weight is 399 g/mol. The van der Waals surface area contributed by atoms with Crippen LogP contribution in [0.2, 0.25) is 0 Å². The number of hydrogen-bond acceptors (Lipinski definition) is 2. The number of phenolic OH excluding ortho intramolecular Hbond substituents is 1. The highest BCUT2D eigenvalue weighted by Gasteiger charge is 2.06. The lowest BCUT2D eigenvalue weighted by molar-refractivity contribution is 0.475. The maximum atomic E-state index is 9.26. The summed E-state index contributed by atoms with van der Waals surface area (Å²) < 4.78 is 2.12. The first kappa shape index (κ1) is 15.4.